The molecule has 1 rings (SSSR count). The molecule has 1 aromatic carbocycles. The second kappa shape index (κ2) is 9.61. The maximum atomic E-state index is 11.3. The molecule has 23 heavy (non-hydrogen) atoms. The predicted octanol–water partition coefficient (Wildman–Crippen LogP) is 2.00. The normalized spacial score (nSPS) is 9.91. The van der Waals surface area contributed by atoms with Gasteiger partial charge in [0, 0.05) is 18.2 Å². The van der Waals surface area contributed by atoms with Crippen LogP contribution in [-0.4, -0.2) is 34.9 Å². The van der Waals surface area contributed by atoms with Gasteiger partial charge in [-0.2, -0.15) is 0 Å². The summed E-state index contributed by atoms with van der Waals surface area (Å²) in [4.78, 5) is 41.9. The minimum atomic E-state index is -0.981. The van der Waals surface area contributed by atoms with Crippen molar-refractivity contribution in [3.05, 3.63) is 58.2 Å². The Kier molecular flexibility index (Phi) is 8.24. The van der Waals surface area contributed by atoms with E-state index < -0.39 is 22.6 Å². The van der Waals surface area contributed by atoms with Crippen LogP contribution in [0.5, 0.6) is 0 Å². The molecule has 0 aliphatic rings. The van der Waals surface area contributed by atoms with Gasteiger partial charge in [-0.05, 0) is 18.6 Å². The molecule has 0 aromatic heterocycles. The van der Waals surface area contributed by atoms with E-state index in [0.717, 1.165) is 13.2 Å². The lowest BCUT2D eigenvalue weighted by Crippen LogP contribution is -2.11. The lowest BCUT2D eigenvalue weighted by Gasteiger charge is -2.01. The Morgan fingerprint density at radius 2 is 1.91 bits per heavy atom. The predicted molar refractivity (Wildman–Crippen MR) is 81.6 cm³/mol. The fraction of sp³-hybridized carbons (Fsp3) is 0.133. The lowest BCUT2D eigenvalue weighted by atomic mass is 10.1. The molecule has 0 unspecified atom stereocenters. The van der Waals surface area contributed by atoms with E-state index in [1.807, 2.05) is 0 Å². The van der Waals surface area contributed by atoms with Gasteiger partial charge in [-0.25, -0.2) is 9.59 Å². The number of nitrogens with zero attached hydrogens (tertiary/aromatic N) is 1. The number of nitro groups is 1. The van der Waals surface area contributed by atoms with E-state index in [1.54, 1.807) is 6.07 Å². The average Bonchev–Trinajstić information content (AvgIpc) is 2.52. The van der Waals surface area contributed by atoms with Crippen LogP contribution in [0.2, 0.25) is 0 Å². The molecule has 1 N–H and O–H groups in total. The highest BCUT2D eigenvalue weighted by atomic mass is 16.6. The van der Waals surface area contributed by atoms with E-state index in [1.165, 1.54) is 31.2 Å². The van der Waals surface area contributed by atoms with E-state index in [9.17, 15) is 24.5 Å². The van der Waals surface area contributed by atoms with Crippen LogP contribution in [0.15, 0.2) is 42.5 Å². The van der Waals surface area contributed by atoms with Gasteiger partial charge < -0.3 is 9.84 Å². The molecule has 0 heterocycles. The van der Waals surface area contributed by atoms with Gasteiger partial charge in [0.25, 0.3) is 5.69 Å². The summed E-state index contributed by atoms with van der Waals surface area (Å²) in [5, 5.41) is 18.2. The first kappa shape index (κ1) is 19.7. The van der Waals surface area contributed by atoms with Crippen molar-refractivity contribution in [1.29, 1.82) is 0 Å². The average molecular weight is 321 g/mol. The van der Waals surface area contributed by atoms with Gasteiger partial charge >= 0.3 is 11.9 Å². The summed E-state index contributed by atoms with van der Waals surface area (Å²) in [6.07, 6.45) is 2.10. The molecule has 0 saturated heterocycles. The molecule has 0 bridgehead atoms. The number of carbonyl (C=O) groups excluding carboxylic acids is 2. The van der Waals surface area contributed by atoms with E-state index in [2.05, 4.69) is 11.3 Å². The van der Waals surface area contributed by atoms with Crippen molar-refractivity contribution in [2.24, 2.45) is 0 Å². The van der Waals surface area contributed by atoms with E-state index in [-0.39, 0.29) is 11.3 Å². The zero-order valence-corrected chi connectivity index (χ0v) is 12.5. The van der Waals surface area contributed by atoms with Gasteiger partial charge in [0.2, 0.25) is 0 Å². The molecule has 0 amide bonds. The number of nitro benzene ring substituents is 1. The quantitative estimate of drug-likeness (QED) is 0.219. The molecule has 8 heteroatoms. The number of hydrogen-bond acceptors (Lipinski definition) is 6. The third kappa shape index (κ3) is 7.32. The summed E-state index contributed by atoms with van der Waals surface area (Å²) in [7, 11) is 1.16. The molecule has 0 radical (unpaired) electrons. The number of ether oxygens (including phenoxy) is 1. The number of carbonyl (C=O) groups is 3. The van der Waals surface area contributed by atoms with Gasteiger partial charge in [0.1, 0.15) is 5.57 Å². The monoisotopic (exact) mass is 321 g/mol. The second-order valence-corrected chi connectivity index (χ2v) is 4.00. The molecule has 8 nitrogen and oxygen atoms in total. The van der Waals surface area contributed by atoms with Crippen molar-refractivity contribution in [2.45, 2.75) is 6.92 Å². The van der Waals surface area contributed by atoms with Crippen molar-refractivity contribution in [1.82, 2.24) is 0 Å². The summed E-state index contributed by atoms with van der Waals surface area (Å²) in [5.74, 6) is -2.22. The largest absolute Gasteiger partial charge is 0.478 e. The fourth-order valence-corrected chi connectivity index (χ4v) is 1.31. The Labute approximate surface area is 131 Å². The number of ketones is 1. The van der Waals surface area contributed by atoms with E-state index in [4.69, 9.17) is 5.11 Å². The Bertz CT molecular complexity index is 662. The summed E-state index contributed by atoms with van der Waals surface area (Å²) in [5.41, 5.74) is 0.120. The van der Waals surface area contributed by atoms with Crippen LogP contribution in [0, 0.1) is 10.1 Å². The second-order valence-electron chi connectivity index (χ2n) is 4.00. The summed E-state index contributed by atoms with van der Waals surface area (Å²) < 4.78 is 4.46. The summed E-state index contributed by atoms with van der Waals surface area (Å²) in [6, 6.07) is 5.62. The van der Waals surface area contributed by atoms with Crippen molar-refractivity contribution >= 4 is 29.5 Å². The van der Waals surface area contributed by atoms with Crippen LogP contribution in [0.1, 0.15) is 12.5 Å². The zero-order valence-electron chi connectivity index (χ0n) is 12.5. The number of benzene rings is 1. The molecule has 0 atom stereocenters. The molecule has 0 saturated carbocycles. The molecule has 0 spiro atoms. The Balaban J connectivity index is 0.000000841. The highest BCUT2D eigenvalue weighted by molar-refractivity contribution is 6.19. The number of aliphatic carboxylic acids is 1. The molecule has 0 fully saturated rings. The first-order chi connectivity index (χ1) is 10.7. The molecular formula is C15H15NO7. The first-order valence-electron chi connectivity index (χ1n) is 6.13. The molecule has 0 aliphatic heterocycles. The van der Waals surface area contributed by atoms with Crippen LogP contribution < -0.4 is 0 Å². The maximum absolute atomic E-state index is 11.3. The van der Waals surface area contributed by atoms with Crippen LogP contribution in [0.3, 0.4) is 0 Å². The van der Waals surface area contributed by atoms with E-state index >= 15 is 0 Å². The van der Waals surface area contributed by atoms with Crippen molar-refractivity contribution < 1.29 is 29.2 Å². The molecule has 1 aromatic rings. The molecule has 122 valence electrons. The summed E-state index contributed by atoms with van der Waals surface area (Å²) >= 11 is 0. The Morgan fingerprint density at radius 3 is 2.30 bits per heavy atom. The molecule has 0 aliphatic carbocycles. The SMILES string of the molecule is C=CC(=O)O.COC(=O)C(=Cc1cccc([N+](=O)[O-])c1)C(C)=O. The summed E-state index contributed by atoms with van der Waals surface area (Å²) in [6.45, 7) is 4.18. The number of non-ortho nitro benzene ring substituents is 1. The van der Waals surface area contributed by atoms with Gasteiger partial charge in [0.05, 0.1) is 12.0 Å². The third-order valence-corrected chi connectivity index (χ3v) is 2.35. The fourth-order valence-electron chi connectivity index (χ4n) is 1.31. The highest BCUT2D eigenvalue weighted by Gasteiger charge is 2.15. The minimum Gasteiger partial charge on any atom is -0.478 e. The number of esters is 1. The Morgan fingerprint density at radius 1 is 1.35 bits per heavy atom. The number of methoxy groups -OCH3 is 1. The number of rotatable bonds is 5. The number of hydrogen-bond donors (Lipinski definition) is 1. The van der Waals surface area contributed by atoms with Crippen molar-refractivity contribution in [3.8, 4) is 0 Å². The standard InChI is InChI=1S/C12H11NO5.C3H4O2/c1-8(14)11(12(15)18-2)7-9-4-3-5-10(6-9)13(16)17;1-2-3(4)5/h3-7H,1-2H3;2H,1H2,(H,4,5). The van der Waals surface area contributed by atoms with Crippen molar-refractivity contribution in [3.63, 3.8) is 0 Å². The first-order valence-corrected chi connectivity index (χ1v) is 6.13. The van der Waals surface area contributed by atoms with Gasteiger partial charge in [-0.1, -0.05) is 18.7 Å². The molecular weight excluding hydrogens is 306 g/mol. The van der Waals surface area contributed by atoms with Crippen LogP contribution in [-0.2, 0) is 19.1 Å². The number of carboxylic acid groups (broad SMARTS) is 1. The number of Topliss-reactive ketones (excluding diaryl/α,β-unsaturated/α-hetero) is 1. The van der Waals surface area contributed by atoms with Crippen LogP contribution >= 0.6 is 0 Å². The van der Waals surface area contributed by atoms with Gasteiger partial charge in [0.15, 0.2) is 5.78 Å². The topological polar surface area (TPSA) is 124 Å². The third-order valence-electron chi connectivity index (χ3n) is 2.35. The van der Waals surface area contributed by atoms with Crippen molar-refractivity contribution in [2.75, 3.05) is 7.11 Å². The number of carboxylic acids is 1. The minimum absolute atomic E-state index is 0.114. The lowest BCUT2D eigenvalue weighted by molar-refractivity contribution is -0.384. The van der Waals surface area contributed by atoms with Crippen LogP contribution in [0.4, 0.5) is 5.69 Å². The van der Waals surface area contributed by atoms with Gasteiger partial charge in [-0.3, -0.25) is 14.9 Å². The Hall–Kier alpha value is -3.29. The highest BCUT2D eigenvalue weighted by Crippen LogP contribution is 2.16. The maximum Gasteiger partial charge on any atom is 0.341 e. The zero-order chi connectivity index (χ0) is 18.0. The van der Waals surface area contributed by atoms with Crippen LogP contribution in [0.25, 0.3) is 6.08 Å². The van der Waals surface area contributed by atoms with Gasteiger partial charge in [-0.15, -0.1) is 0 Å². The van der Waals surface area contributed by atoms with E-state index in [0.29, 0.717) is 5.56 Å². The smallest absolute Gasteiger partial charge is 0.341 e.